The highest BCUT2D eigenvalue weighted by atomic mass is 19.1. The Balaban J connectivity index is 2.17. The number of amides is 1. The van der Waals surface area contributed by atoms with Gasteiger partial charge in [-0.1, -0.05) is 6.07 Å². The normalized spacial score (nSPS) is 10.3. The van der Waals surface area contributed by atoms with Crippen molar-refractivity contribution in [3.05, 3.63) is 69.6 Å². The van der Waals surface area contributed by atoms with Crippen molar-refractivity contribution in [3.8, 4) is 0 Å². The van der Waals surface area contributed by atoms with E-state index in [1.807, 2.05) is 0 Å². The Hall–Kier alpha value is -2.50. The van der Waals surface area contributed by atoms with Crippen LogP contribution in [0.5, 0.6) is 0 Å². The van der Waals surface area contributed by atoms with Gasteiger partial charge in [-0.2, -0.15) is 0 Å². The second-order valence-electron chi connectivity index (χ2n) is 4.34. The first-order chi connectivity index (χ1) is 9.47. The second-order valence-corrected chi connectivity index (χ2v) is 4.34. The van der Waals surface area contributed by atoms with E-state index in [1.165, 1.54) is 36.3 Å². The minimum atomic E-state index is -0.712. The minimum absolute atomic E-state index is 0.0161. The van der Waals surface area contributed by atoms with Crippen LogP contribution >= 0.6 is 0 Å². The SMILES string of the molecule is CN(Cc1ccc(F)cc1F)C(=O)c1cc[nH]c(=O)c1. The maximum atomic E-state index is 13.5. The molecule has 0 aliphatic heterocycles. The van der Waals surface area contributed by atoms with Crippen molar-refractivity contribution in [3.63, 3.8) is 0 Å². The summed E-state index contributed by atoms with van der Waals surface area (Å²) in [7, 11) is 1.48. The molecule has 104 valence electrons. The maximum absolute atomic E-state index is 13.5. The summed E-state index contributed by atoms with van der Waals surface area (Å²) in [6, 6.07) is 5.80. The molecule has 0 aliphatic carbocycles. The summed E-state index contributed by atoms with van der Waals surface area (Å²) in [5.74, 6) is -1.80. The molecule has 0 unspecified atom stereocenters. The highest BCUT2D eigenvalue weighted by molar-refractivity contribution is 5.93. The standard InChI is InChI=1S/C14H12F2N2O2/c1-18(8-10-2-3-11(15)7-12(10)16)14(20)9-4-5-17-13(19)6-9/h2-7H,8H2,1H3,(H,17,19). The van der Waals surface area contributed by atoms with Gasteiger partial charge in [0.05, 0.1) is 0 Å². The smallest absolute Gasteiger partial charge is 0.254 e. The van der Waals surface area contributed by atoms with E-state index in [-0.39, 0.29) is 17.7 Å². The molecular formula is C14H12F2N2O2. The Morgan fingerprint density at radius 3 is 2.65 bits per heavy atom. The fourth-order valence-corrected chi connectivity index (χ4v) is 1.78. The molecule has 2 rings (SSSR count). The first-order valence-corrected chi connectivity index (χ1v) is 5.85. The molecule has 1 N–H and O–H groups in total. The number of nitrogens with zero attached hydrogens (tertiary/aromatic N) is 1. The fourth-order valence-electron chi connectivity index (χ4n) is 1.78. The van der Waals surface area contributed by atoms with E-state index in [0.29, 0.717) is 0 Å². The van der Waals surface area contributed by atoms with Crippen LogP contribution in [0.3, 0.4) is 0 Å². The van der Waals surface area contributed by atoms with Crippen molar-refractivity contribution in [2.24, 2.45) is 0 Å². The second kappa shape index (κ2) is 5.64. The molecule has 0 radical (unpaired) electrons. The largest absolute Gasteiger partial charge is 0.337 e. The molecule has 20 heavy (non-hydrogen) atoms. The lowest BCUT2D eigenvalue weighted by Crippen LogP contribution is -2.27. The van der Waals surface area contributed by atoms with Crippen LogP contribution in [-0.2, 0) is 6.54 Å². The van der Waals surface area contributed by atoms with Crippen LogP contribution in [0.15, 0.2) is 41.3 Å². The van der Waals surface area contributed by atoms with E-state index in [9.17, 15) is 18.4 Å². The van der Waals surface area contributed by atoms with Crippen LogP contribution in [0, 0.1) is 11.6 Å². The number of nitrogens with one attached hydrogen (secondary N) is 1. The molecule has 1 aromatic heterocycles. The van der Waals surface area contributed by atoms with Crippen molar-refractivity contribution in [1.82, 2.24) is 9.88 Å². The summed E-state index contributed by atoms with van der Waals surface area (Å²) in [5.41, 5.74) is 0.0167. The number of aromatic nitrogens is 1. The number of H-pyrrole nitrogens is 1. The quantitative estimate of drug-likeness (QED) is 0.932. The highest BCUT2D eigenvalue weighted by Crippen LogP contribution is 2.12. The predicted octanol–water partition coefficient (Wildman–Crippen LogP) is 1.93. The number of pyridine rings is 1. The lowest BCUT2D eigenvalue weighted by Gasteiger charge is -2.17. The highest BCUT2D eigenvalue weighted by Gasteiger charge is 2.14. The van der Waals surface area contributed by atoms with E-state index < -0.39 is 23.1 Å². The zero-order valence-electron chi connectivity index (χ0n) is 10.7. The topological polar surface area (TPSA) is 53.2 Å². The van der Waals surface area contributed by atoms with Crippen LogP contribution in [-0.4, -0.2) is 22.8 Å². The molecule has 2 aromatic rings. The molecule has 1 heterocycles. The average Bonchev–Trinajstić information content (AvgIpc) is 2.41. The molecule has 0 saturated carbocycles. The summed E-state index contributed by atoms with van der Waals surface area (Å²) in [6.07, 6.45) is 1.36. The van der Waals surface area contributed by atoms with Crippen LogP contribution in [0.4, 0.5) is 8.78 Å². The molecule has 0 bridgehead atoms. The zero-order chi connectivity index (χ0) is 14.7. The van der Waals surface area contributed by atoms with Gasteiger partial charge >= 0.3 is 0 Å². The van der Waals surface area contributed by atoms with Gasteiger partial charge in [-0.25, -0.2) is 8.78 Å². The van der Waals surface area contributed by atoms with Gasteiger partial charge in [0.2, 0.25) is 5.56 Å². The number of benzene rings is 1. The number of carbonyl (C=O) groups excluding carboxylic acids is 1. The molecular weight excluding hydrogens is 266 g/mol. The minimum Gasteiger partial charge on any atom is -0.337 e. The first-order valence-electron chi connectivity index (χ1n) is 5.85. The first kappa shape index (κ1) is 13.9. The number of hydrogen-bond donors (Lipinski definition) is 1. The van der Waals surface area contributed by atoms with E-state index >= 15 is 0 Å². The van der Waals surface area contributed by atoms with Gasteiger partial charge < -0.3 is 9.88 Å². The molecule has 1 aromatic carbocycles. The Labute approximate surface area is 113 Å². The number of hydrogen-bond acceptors (Lipinski definition) is 2. The molecule has 0 fully saturated rings. The Bertz CT molecular complexity index is 698. The lowest BCUT2D eigenvalue weighted by molar-refractivity contribution is 0.0783. The van der Waals surface area contributed by atoms with Crippen LogP contribution in [0.2, 0.25) is 0 Å². The Morgan fingerprint density at radius 2 is 2.00 bits per heavy atom. The third-order valence-electron chi connectivity index (χ3n) is 2.79. The number of aromatic amines is 1. The van der Waals surface area contributed by atoms with Crippen LogP contribution < -0.4 is 5.56 Å². The third-order valence-corrected chi connectivity index (χ3v) is 2.79. The number of halogens is 2. The van der Waals surface area contributed by atoms with Gasteiger partial charge in [-0.15, -0.1) is 0 Å². The summed E-state index contributed by atoms with van der Waals surface area (Å²) >= 11 is 0. The van der Waals surface area contributed by atoms with Crippen molar-refractivity contribution in [2.45, 2.75) is 6.54 Å². The van der Waals surface area contributed by atoms with E-state index in [0.717, 1.165) is 12.1 Å². The van der Waals surface area contributed by atoms with Crippen molar-refractivity contribution in [2.75, 3.05) is 7.05 Å². The van der Waals surface area contributed by atoms with Gasteiger partial charge in [0, 0.05) is 43.0 Å². The molecule has 0 atom stereocenters. The summed E-state index contributed by atoms with van der Waals surface area (Å²) in [6.45, 7) is -0.0161. The monoisotopic (exact) mass is 278 g/mol. The van der Waals surface area contributed by atoms with E-state index in [2.05, 4.69) is 4.98 Å². The molecule has 4 nitrogen and oxygen atoms in total. The molecule has 1 amide bonds. The summed E-state index contributed by atoms with van der Waals surface area (Å²) < 4.78 is 26.3. The molecule has 6 heteroatoms. The van der Waals surface area contributed by atoms with E-state index in [1.54, 1.807) is 0 Å². The van der Waals surface area contributed by atoms with Crippen LogP contribution in [0.25, 0.3) is 0 Å². The fraction of sp³-hybridized carbons (Fsp3) is 0.143. The van der Waals surface area contributed by atoms with Gasteiger partial charge in [0.15, 0.2) is 0 Å². The summed E-state index contributed by atoms with van der Waals surface area (Å²) in [5, 5.41) is 0. The average molecular weight is 278 g/mol. The van der Waals surface area contributed by atoms with E-state index in [4.69, 9.17) is 0 Å². The van der Waals surface area contributed by atoms with Gasteiger partial charge in [-0.05, 0) is 12.1 Å². The maximum Gasteiger partial charge on any atom is 0.254 e. The van der Waals surface area contributed by atoms with Crippen molar-refractivity contribution >= 4 is 5.91 Å². The molecule has 0 saturated heterocycles. The summed E-state index contributed by atoms with van der Waals surface area (Å²) in [4.78, 5) is 26.9. The van der Waals surface area contributed by atoms with Crippen LogP contribution in [0.1, 0.15) is 15.9 Å². The third kappa shape index (κ3) is 3.09. The lowest BCUT2D eigenvalue weighted by atomic mass is 10.1. The number of carbonyl (C=O) groups is 1. The van der Waals surface area contributed by atoms with Crippen molar-refractivity contribution in [1.29, 1.82) is 0 Å². The molecule has 0 spiro atoms. The Kier molecular flexibility index (Phi) is 3.93. The molecule has 0 aliphatic rings. The Morgan fingerprint density at radius 1 is 1.25 bits per heavy atom. The van der Waals surface area contributed by atoms with Crippen molar-refractivity contribution < 1.29 is 13.6 Å². The van der Waals surface area contributed by atoms with Gasteiger partial charge in [0.25, 0.3) is 5.91 Å². The zero-order valence-corrected chi connectivity index (χ0v) is 10.7. The van der Waals surface area contributed by atoms with Gasteiger partial charge in [-0.3, -0.25) is 9.59 Å². The predicted molar refractivity (Wildman–Crippen MR) is 69.2 cm³/mol. The van der Waals surface area contributed by atoms with Gasteiger partial charge in [0.1, 0.15) is 11.6 Å². The number of rotatable bonds is 3.